The van der Waals surface area contributed by atoms with E-state index in [1.54, 1.807) is 0 Å². The third kappa shape index (κ3) is 1.27. The SMILES string of the molecule is N#CC1CN=C2CC=CCC2C1. The van der Waals surface area contributed by atoms with E-state index in [9.17, 15) is 0 Å². The highest BCUT2D eigenvalue weighted by atomic mass is 14.8. The molecule has 0 fully saturated rings. The van der Waals surface area contributed by atoms with Crippen molar-refractivity contribution < 1.29 is 0 Å². The zero-order chi connectivity index (χ0) is 8.39. The van der Waals surface area contributed by atoms with Gasteiger partial charge in [0.2, 0.25) is 0 Å². The quantitative estimate of drug-likeness (QED) is 0.499. The lowest BCUT2D eigenvalue weighted by molar-refractivity contribution is 0.486. The maximum Gasteiger partial charge on any atom is 0.0675 e. The number of nitrogens with zero attached hydrogens (tertiary/aromatic N) is 2. The summed E-state index contributed by atoms with van der Waals surface area (Å²) in [5.41, 5.74) is 1.32. The van der Waals surface area contributed by atoms with Crippen LogP contribution in [0.2, 0.25) is 0 Å². The zero-order valence-corrected chi connectivity index (χ0v) is 7.03. The molecule has 62 valence electrons. The van der Waals surface area contributed by atoms with Crippen LogP contribution in [0.15, 0.2) is 17.1 Å². The fourth-order valence-corrected chi connectivity index (χ4v) is 1.93. The van der Waals surface area contributed by atoms with Gasteiger partial charge in [0.15, 0.2) is 0 Å². The first kappa shape index (κ1) is 7.54. The zero-order valence-electron chi connectivity index (χ0n) is 7.03. The summed E-state index contributed by atoms with van der Waals surface area (Å²) in [5.74, 6) is 0.749. The first-order valence-electron chi connectivity index (χ1n) is 4.48. The van der Waals surface area contributed by atoms with E-state index < -0.39 is 0 Å². The lowest BCUT2D eigenvalue weighted by atomic mass is 9.82. The van der Waals surface area contributed by atoms with Crippen molar-refractivity contribution >= 4 is 5.71 Å². The number of nitriles is 1. The maximum absolute atomic E-state index is 8.74. The molecule has 12 heavy (non-hydrogen) atoms. The molecule has 2 aliphatic rings. The average molecular weight is 160 g/mol. The molecule has 0 saturated heterocycles. The largest absolute Gasteiger partial charge is 0.292 e. The van der Waals surface area contributed by atoms with E-state index >= 15 is 0 Å². The van der Waals surface area contributed by atoms with Gasteiger partial charge in [0.25, 0.3) is 0 Å². The highest BCUT2D eigenvalue weighted by molar-refractivity contribution is 5.89. The lowest BCUT2D eigenvalue weighted by Crippen LogP contribution is -2.26. The predicted molar refractivity (Wildman–Crippen MR) is 47.9 cm³/mol. The highest BCUT2D eigenvalue weighted by Crippen LogP contribution is 2.27. The second-order valence-corrected chi connectivity index (χ2v) is 3.50. The van der Waals surface area contributed by atoms with Crippen molar-refractivity contribution in [3.8, 4) is 6.07 Å². The molecule has 1 aliphatic heterocycles. The Bertz CT molecular complexity index is 270. The van der Waals surface area contributed by atoms with Crippen LogP contribution in [0.4, 0.5) is 0 Å². The van der Waals surface area contributed by atoms with Crippen molar-refractivity contribution in [2.24, 2.45) is 16.8 Å². The number of allylic oxidation sites excluding steroid dienone is 2. The van der Waals surface area contributed by atoms with Crippen molar-refractivity contribution in [2.45, 2.75) is 19.3 Å². The van der Waals surface area contributed by atoms with Crippen molar-refractivity contribution in [3.63, 3.8) is 0 Å². The van der Waals surface area contributed by atoms with Crippen LogP contribution in [0, 0.1) is 23.2 Å². The van der Waals surface area contributed by atoms with Gasteiger partial charge in [-0.25, -0.2) is 0 Å². The van der Waals surface area contributed by atoms with Gasteiger partial charge in [0.1, 0.15) is 0 Å². The van der Waals surface area contributed by atoms with E-state index in [1.807, 2.05) is 0 Å². The predicted octanol–water partition coefficient (Wildman–Crippen LogP) is 1.94. The molecule has 0 spiro atoms. The minimum absolute atomic E-state index is 0.172. The number of aliphatic imine (C=N–C) groups is 1. The Kier molecular flexibility index (Phi) is 1.95. The lowest BCUT2D eigenvalue weighted by Gasteiger charge is -2.26. The normalized spacial score (nSPS) is 33.4. The fourth-order valence-electron chi connectivity index (χ4n) is 1.93. The van der Waals surface area contributed by atoms with Crippen molar-refractivity contribution in [2.75, 3.05) is 6.54 Å². The molecular formula is C10H12N2. The molecular weight excluding hydrogens is 148 g/mol. The van der Waals surface area contributed by atoms with Crippen LogP contribution in [0.5, 0.6) is 0 Å². The second kappa shape index (κ2) is 3.10. The van der Waals surface area contributed by atoms with E-state index in [0.29, 0.717) is 5.92 Å². The Morgan fingerprint density at radius 2 is 2.42 bits per heavy atom. The highest BCUT2D eigenvalue weighted by Gasteiger charge is 2.25. The summed E-state index contributed by atoms with van der Waals surface area (Å²) in [5, 5.41) is 8.74. The molecule has 0 saturated carbocycles. The van der Waals surface area contributed by atoms with Gasteiger partial charge in [-0.1, -0.05) is 12.2 Å². The molecule has 0 bridgehead atoms. The summed E-state index contributed by atoms with van der Waals surface area (Å²) < 4.78 is 0. The summed E-state index contributed by atoms with van der Waals surface area (Å²) in [6, 6.07) is 2.31. The monoisotopic (exact) mass is 160 g/mol. The topological polar surface area (TPSA) is 36.1 Å². The van der Waals surface area contributed by atoms with Gasteiger partial charge in [-0.3, -0.25) is 4.99 Å². The van der Waals surface area contributed by atoms with Crippen LogP contribution in [0.1, 0.15) is 19.3 Å². The first-order valence-corrected chi connectivity index (χ1v) is 4.48. The van der Waals surface area contributed by atoms with Crippen molar-refractivity contribution in [3.05, 3.63) is 12.2 Å². The van der Waals surface area contributed by atoms with E-state index in [1.165, 1.54) is 5.71 Å². The van der Waals surface area contributed by atoms with Gasteiger partial charge < -0.3 is 0 Å². The molecule has 0 aromatic heterocycles. The molecule has 2 nitrogen and oxygen atoms in total. The van der Waals surface area contributed by atoms with Gasteiger partial charge in [0.05, 0.1) is 18.5 Å². The van der Waals surface area contributed by atoms with Gasteiger partial charge in [-0.2, -0.15) is 5.26 Å². The molecule has 2 rings (SSSR count). The minimum Gasteiger partial charge on any atom is -0.292 e. The Labute approximate surface area is 72.6 Å². The summed E-state index contributed by atoms with van der Waals surface area (Å²) in [6.45, 7) is 0.732. The molecule has 0 amide bonds. The van der Waals surface area contributed by atoms with E-state index in [4.69, 9.17) is 5.26 Å². The van der Waals surface area contributed by atoms with E-state index in [2.05, 4.69) is 23.2 Å². The maximum atomic E-state index is 8.74. The second-order valence-electron chi connectivity index (χ2n) is 3.50. The van der Waals surface area contributed by atoms with Gasteiger partial charge in [0, 0.05) is 18.1 Å². The van der Waals surface area contributed by atoms with Crippen LogP contribution in [0.25, 0.3) is 0 Å². The Morgan fingerprint density at radius 1 is 1.50 bits per heavy atom. The van der Waals surface area contributed by atoms with Crippen LogP contribution < -0.4 is 0 Å². The van der Waals surface area contributed by atoms with Crippen LogP contribution in [-0.4, -0.2) is 12.3 Å². The van der Waals surface area contributed by atoms with Crippen LogP contribution in [0.3, 0.4) is 0 Å². The molecule has 0 N–H and O–H groups in total. The minimum atomic E-state index is 0.172. The molecule has 1 heterocycles. The van der Waals surface area contributed by atoms with Gasteiger partial charge >= 0.3 is 0 Å². The number of rotatable bonds is 0. The summed E-state index contributed by atoms with van der Waals surface area (Å²) in [6.07, 6.45) is 7.53. The molecule has 0 radical (unpaired) electrons. The van der Waals surface area contributed by atoms with Crippen molar-refractivity contribution in [1.29, 1.82) is 5.26 Å². The standard InChI is InChI=1S/C10H12N2/c11-6-8-5-9-3-1-2-4-10(9)12-7-8/h1-2,8-9H,3-5,7H2. The van der Waals surface area contributed by atoms with Crippen LogP contribution in [-0.2, 0) is 0 Å². The Balaban J connectivity index is 2.14. The molecule has 1 aliphatic carbocycles. The van der Waals surface area contributed by atoms with E-state index in [0.717, 1.165) is 25.8 Å². The van der Waals surface area contributed by atoms with Gasteiger partial charge in [-0.15, -0.1) is 0 Å². The fraction of sp³-hybridized carbons (Fsp3) is 0.600. The third-order valence-corrected chi connectivity index (χ3v) is 2.65. The van der Waals surface area contributed by atoms with Crippen molar-refractivity contribution in [1.82, 2.24) is 0 Å². The average Bonchev–Trinajstić information content (AvgIpc) is 2.17. The Morgan fingerprint density at radius 3 is 3.25 bits per heavy atom. The summed E-state index contributed by atoms with van der Waals surface area (Å²) >= 11 is 0. The molecule has 0 aromatic rings. The Hall–Kier alpha value is -1.10. The van der Waals surface area contributed by atoms with Crippen LogP contribution >= 0.6 is 0 Å². The smallest absolute Gasteiger partial charge is 0.0675 e. The number of hydrogen-bond donors (Lipinski definition) is 0. The molecule has 2 heteroatoms. The molecule has 0 aromatic carbocycles. The van der Waals surface area contributed by atoms with Gasteiger partial charge in [-0.05, 0) is 12.8 Å². The summed E-state index contributed by atoms with van der Waals surface area (Å²) in [7, 11) is 0. The molecule has 2 unspecified atom stereocenters. The third-order valence-electron chi connectivity index (χ3n) is 2.65. The number of hydrogen-bond acceptors (Lipinski definition) is 2. The first-order chi connectivity index (χ1) is 5.90. The summed E-state index contributed by atoms with van der Waals surface area (Å²) in [4.78, 5) is 4.45. The molecule has 2 atom stereocenters. The number of fused-ring (bicyclic) bond motifs is 1. The van der Waals surface area contributed by atoms with E-state index in [-0.39, 0.29) is 5.92 Å².